The quantitative estimate of drug-likeness (QED) is 0.300. The van der Waals surface area contributed by atoms with Crippen molar-refractivity contribution in [3.63, 3.8) is 0 Å². The summed E-state index contributed by atoms with van der Waals surface area (Å²) < 4.78 is 0. The largest absolute Gasteiger partial charge is 0.338 e. The summed E-state index contributed by atoms with van der Waals surface area (Å²) in [5.74, 6) is 0. The Morgan fingerprint density at radius 2 is 2.20 bits per heavy atom. The van der Waals surface area contributed by atoms with Crippen molar-refractivity contribution in [3.8, 4) is 0 Å². The van der Waals surface area contributed by atoms with Gasteiger partial charge in [-0.3, -0.25) is 0 Å². The van der Waals surface area contributed by atoms with E-state index in [0.717, 1.165) is 0 Å². The summed E-state index contributed by atoms with van der Waals surface area (Å²) >= 11 is 0. The predicted octanol–water partition coefficient (Wildman–Crippen LogP) is -0.0219. The van der Waals surface area contributed by atoms with E-state index in [1.807, 2.05) is 0 Å². The summed E-state index contributed by atoms with van der Waals surface area (Å²) in [5.41, 5.74) is 8.00. The van der Waals surface area contributed by atoms with Gasteiger partial charge in [0.15, 0.2) is 0 Å². The minimum atomic E-state index is -0.204. The van der Waals surface area contributed by atoms with Gasteiger partial charge in [0.25, 0.3) is 0 Å². The van der Waals surface area contributed by atoms with Crippen molar-refractivity contribution in [2.45, 2.75) is 6.04 Å². The molecule has 0 atom stereocenters. The van der Waals surface area contributed by atoms with Gasteiger partial charge in [0.1, 0.15) is 0 Å². The number of nitrogens with one attached hydrogen (secondary N) is 2. The number of hydrogen-bond acceptors (Lipinski definition) is 2. The first kappa shape index (κ1) is 6.70. The van der Waals surface area contributed by atoms with Gasteiger partial charge in [-0.25, -0.2) is 4.79 Å². The summed E-state index contributed by atoms with van der Waals surface area (Å²) in [6.45, 7) is 0.853. The molecule has 1 fully saturated rings. The zero-order valence-corrected chi connectivity index (χ0v) is 5.24. The summed E-state index contributed by atoms with van der Waals surface area (Å²) in [6.07, 6.45) is 0. The highest BCUT2D eigenvalue weighted by Gasteiger charge is 2.14. The molecule has 0 aliphatic carbocycles. The molecule has 1 aliphatic heterocycles. The number of azide groups is 1. The van der Waals surface area contributed by atoms with Crippen LogP contribution in [0.5, 0.6) is 0 Å². The summed E-state index contributed by atoms with van der Waals surface area (Å²) in [4.78, 5) is 13.1. The van der Waals surface area contributed by atoms with Crippen LogP contribution < -0.4 is 10.6 Å². The van der Waals surface area contributed by atoms with Gasteiger partial charge in [0.05, 0.1) is 6.04 Å². The van der Waals surface area contributed by atoms with Crippen LogP contribution in [-0.2, 0) is 0 Å². The van der Waals surface area contributed by atoms with Crippen LogP contribution in [-0.4, -0.2) is 25.2 Å². The number of hydrogen-bond donors (Lipinski definition) is 2. The Morgan fingerprint density at radius 3 is 2.70 bits per heavy atom. The smallest absolute Gasteiger partial charge is 0.314 e. The highest BCUT2D eigenvalue weighted by atomic mass is 16.2. The number of carbonyl (C=O) groups is 1. The normalized spacial score (nSPS) is 18.6. The maximum Gasteiger partial charge on any atom is 0.314 e. The summed E-state index contributed by atoms with van der Waals surface area (Å²) in [6, 6.07) is -0.355. The van der Waals surface area contributed by atoms with E-state index in [1.54, 1.807) is 0 Å². The molecule has 10 heavy (non-hydrogen) atoms. The Balaban J connectivity index is 2.39. The van der Waals surface area contributed by atoms with Crippen LogP contribution in [0.1, 0.15) is 0 Å². The molecule has 1 saturated heterocycles. The Kier molecular flexibility index (Phi) is 1.96. The average molecular weight is 141 g/mol. The monoisotopic (exact) mass is 141 g/mol. The van der Waals surface area contributed by atoms with Gasteiger partial charge in [0, 0.05) is 18.0 Å². The molecule has 1 rings (SSSR count). The van der Waals surface area contributed by atoms with Crippen molar-refractivity contribution in [3.05, 3.63) is 10.4 Å². The van der Waals surface area contributed by atoms with Crippen molar-refractivity contribution in [2.75, 3.05) is 13.1 Å². The van der Waals surface area contributed by atoms with Gasteiger partial charge < -0.3 is 10.6 Å². The van der Waals surface area contributed by atoms with Crippen LogP contribution in [0.3, 0.4) is 0 Å². The van der Waals surface area contributed by atoms with Crippen LogP contribution >= 0.6 is 0 Å². The second kappa shape index (κ2) is 2.93. The second-order valence-electron chi connectivity index (χ2n) is 1.95. The molecule has 1 aliphatic rings. The minimum Gasteiger partial charge on any atom is -0.338 e. The van der Waals surface area contributed by atoms with Gasteiger partial charge in [-0.05, 0) is 5.53 Å². The highest BCUT2D eigenvalue weighted by Crippen LogP contribution is 1.91. The first-order valence-corrected chi connectivity index (χ1v) is 2.89. The maximum atomic E-state index is 10.5. The molecule has 0 bridgehead atoms. The third kappa shape index (κ3) is 1.53. The lowest BCUT2D eigenvalue weighted by atomic mass is 10.3. The molecule has 2 amide bonds. The van der Waals surface area contributed by atoms with Crippen molar-refractivity contribution in [1.82, 2.24) is 10.6 Å². The van der Waals surface area contributed by atoms with Crippen molar-refractivity contribution in [1.29, 1.82) is 0 Å². The number of nitrogens with zero attached hydrogens (tertiary/aromatic N) is 3. The average Bonchev–Trinajstić information content (AvgIpc) is 1.95. The second-order valence-corrected chi connectivity index (χ2v) is 1.95. The first-order valence-electron chi connectivity index (χ1n) is 2.89. The lowest BCUT2D eigenvalue weighted by Gasteiger charge is -2.18. The standard InChI is InChI=1S/C4H7N5O/c5-9-8-3-1-6-4(10)7-2-3/h3H,1-2H2,(H2,6,7,10). The molecule has 6 nitrogen and oxygen atoms in total. The van der Waals surface area contributed by atoms with Crippen LogP contribution in [0.25, 0.3) is 10.4 Å². The van der Waals surface area contributed by atoms with Crippen LogP contribution in [0.15, 0.2) is 5.11 Å². The minimum absolute atomic E-state index is 0.150. The summed E-state index contributed by atoms with van der Waals surface area (Å²) in [7, 11) is 0. The van der Waals surface area contributed by atoms with Crippen molar-refractivity contribution in [2.24, 2.45) is 5.11 Å². The van der Waals surface area contributed by atoms with Crippen molar-refractivity contribution >= 4 is 6.03 Å². The fourth-order valence-corrected chi connectivity index (χ4v) is 0.710. The predicted molar refractivity (Wildman–Crippen MR) is 34.3 cm³/mol. The van der Waals surface area contributed by atoms with Gasteiger partial charge in [-0.2, -0.15) is 0 Å². The fraction of sp³-hybridized carbons (Fsp3) is 0.750. The zero-order chi connectivity index (χ0) is 7.40. The fourth-order valence-electron chi connectivity index (χ4n) is 0.710. The maximum absolute atomic E-state index is 10.5. The van der Waals surface area contributed by atoms with E-state index < -0.39 is 0 Å². The molecule has 0 radical (unpaired) electrons. The first-order chi connectivity index (χ1) is 4.83. The number of urea groups is 1. The third-order valence-corrected chi connectivity index (χ3v) is 1.21. The molecule has 0 aromatic carbocycles. The van der Waals surface area contributed by atoms with E-state index >= 15 is 0 Å². The number of carbonyl (C=O) groups excluding carboxylic acids is 1. The van der Waals surface area contributed by atoms with E-state index in [2.05, 4.69) is 20.7 Å². The lowest BCUT2D eigenvalue weighted by Crippen LogP contribution is -2.49. The molecule has 54 valence electrons. The van der Waals surface area contributed by atoms with E-state index in [9.17, 15) is 4.79 Å². The molecule has 6 heteroatoms. The molecule has 0 saturated carbocycles. The van der Waals surface area contributed by atoms with Gasteiger partial charge in [-0.1, -0.05) is 5.11 Å². The number of rotatable bonds is 1. The molecule has 0 aromatic rings. The lowest BCUT2D eigenvalue weighted by molar-refractivity contribution is 0.234. The molecule has 0 aromatic heterocycles. The Labute approximate surface area is 57.2 Å². The van der Waals surface area contributed by atoms with E-state index in [-0.39, 0.29) is 12.1 Å². The highest BCUT2D eigenvalue weighted by molar-refractivity contribution is 5.74. The van der Waals surface area contributed by atoms with Gasteiger partial charge >= 0.3 is 6.03 Å². The Morgan fingerprint density at radius 1 is 1.60 bits per heavy atom. The SMILES string of the molecule is [N-]=[N+]=NC1CNC(=O)NC1. The molecular formula is C4H7N5O. The molecule has 0 unspecified atom stereocenters. The van der Waals surface area contributed by atoms with Gasteiger partial charge in [-0.15, -0.1) is 0 Å². The number of amides is 2. The zero-order valence-electron chi connectivity index (χ0n) is 5.24. The molecule has 2 N–H and O–H groups in total. The van der Waals surface area contributed by atoms with E-state index in [4.69, 9.17) is 5.53 Å². The third-order valence-electron chi connectivity index (χ3n) is 1.21. The molecule has 1 heterocycles. The Bertz CT molecular complexity index is 174. The van der Waals surface area contributed by atoms with Crippen LogP contribution in [0, 0.1) is 0 Å². The van der Waals surface area contributed by atoms with Crippen LogP contribution in [0.2, 0.25) is 0 Å². The molecule has 0 spiro atoms. The van der Waals surface area contributed by atoms with Gasteiger partial charge in [0.2, 0.25) is 0 Å². The molecular weight excluding hydrogens is 134 g/mol. The van der Waals surface area contributed by atoms with Crippen molar-refractivity contribution < 1.29 is 4.79 Å². The van der Waals surface area contributed by atoms with E-state index in [1.165, 1.54) is 0 Å². The Hall–Kier alpha value is -1.42. The topological polar surface area (TPSA) is 89.9 Å². The summed E-state index contributed by atoms with van der Waals surface area (Å²) in [5, 5.41) is 8.43. The van der Waals surface area contributed by atoms with E-state index in [0.29, 0.717) is 13.1 Å². The van der Waals surface area contributed by atoms with Crippen LogP contribution in [0.4, 0.5) is 4.79 Å².